The van der Waals surface area contributed by atoms with Gasteiger partial charge in [-0.2, -0.15) is 5.26 Å². The van der Waals surface area contributed by atoms with E-state index in [1.807, 2.05) is 61.5 Å². The summed E-state index contributed by atoms with van der Waals surface area (Å²) >= 11 is 6.37. The normalized spacial score (nSPS) is 11.8. The fraction of sp³-hybridized carbons (Fsp3) is 0.235. The van der Waals surface area contributed by atoms with E-state index in [-0.39, 0.29) is 6.04 Å². The van der Waals surface area contributed by atoms with Gasteiger partial charge in [0.1, 0.15) is 0 Å². The molecule has 0 aromatic heterocycles. The zero-order chi connectivity index (χ0) is 15.4. The standard InChI is InChI=1S/C17H18ClN3/c1-12(20-2)16-9-8-15(10-17(16)18)21(3)14-6-4-13(11-19)5-7-14/h4-10,12,20H,1-3H3. The van der Waals surface area contributed by atoms with Gasteiger partial charge in [0.25, 0.3) is 0 Å². The van der Waals surface area contributed by atoms with E-state index >= 15 is 0 Å². The van der Waals surface area contributed by atoms with Crippen LogP contribution in [0.4, 0.5) is 11.4 Å². The fourth-order valence-corrected chi connectivity index (χ4v) is 2.48. The van der Waals surface area contributed by atoms with Crippen LogP contribution in [0, 0.1) is 11.3 Å². The van der Waals surface area contributed by atoms with Crippen LogP contribution in [0.1, 0.15) is 24.1 Å². The molecule has 0 bridgehead atoms. The molecule has 0 aliphatic carbocycles. The van der Waals surface area contributed by atoms with Crippen molar-refractivity contribution in [2.75, 3.05) is 19.0 Å². The van der Waals surface area contributed by atoms with E-state index in [4.69, 9.17) is 16.9 Å². The summed E-state index contributed by atoms with van der Waals surface area (Å²) < 4.78 is 0. The van der Waals surface area contributed by atoms with Crippen LogP contribution in [-0.2, 0) is 0 Å². The zero-order valence-corrected chi connectivity index (χ0v) is 13.1. The van der Waals surface area contributed by atoms with Crippen molar-refractivity contribution in [1.29, 1.82) is 5.26 Å². The number of hydrogen-bond acceptors (Lipinski definition) is 3. The molecule has 3 nitrogen and oxygen atoms in total. The minimum absolute atomic E-state index is 0.215. The molecule has 2 aromatic rings. The monoisotopic (exact) mass is 299 g/mol. The number of hydrogen-bond donors (Lipinski definition) is 1. The van der Waals surface area contributed by atoms with Crippen LogP contribution < -0.4 is 10.2 Å². The van der Waals surface area contributed by atoms with Gasteiger partial charge in [0.2, 0.25) is 0 Å². The third kappa shape index (κ3) is 3.36. The number of anilines is 2. The number of halogens is 1. The van der Waals surface area contributed by atoms with Gasteiger partial charge in [-0.25, -0.2) is 0 Å². The van der Waals surface area contributed by atoms with Crippen LogP contribution in [0.2, 0.25) is 5.02 Å². The first-order valence-corrected chi connectivity index (χ1v) is 7.15. The Kier molecular flexibility index (Phi) is 4.85. The maximum absolute atomic E-state index is 8.84. The Hall–Kier alpha value is -2.02. The second-order valence-electron chi connectivity index (χ2n) is 4.93. The SMILES string of the molecule is CNC(C)c1ccc(N(C)c2ccc(C#N)cc2)cc1Cl. The molecule has 0 saturated heterocycles. The molecule has 2 aromatic carbocycles. The van der Waals surface area contributed by atoms with Crippen molar-refractivity contribution in [3.63, 3.8) is 0 Å². The van der Waals surface area contributed by atoms with Gasteiger partial charge in [-0.3, -0.25) is 0 Å². The summed E-state index contributed by atoms with van der Waals surface area (Å²) in [6.07, 6.45) is 0. The minimum Gasteiger partial charge on any atom is -0.345 e. The fourth-order valence-electron chi connectivity index (χ4n) is 2.14. The van der Waals surface area contributed by atoms with Crippen LogP contribution in [0.15, 0.2) is 42.5 Å². The Morgan fingerprint density at radius 1 is 1.14 bits per heavy atom. The van der Waals surface area contributed by atoms with E-state index in [1.54, 1.807) is 0 Å². The summed E-state index contributed by atoms with van der Waals surface area (Å²) in [5, 5.41) is 12.8. The van der Waals surface area contributed by atoms with Crippen molar-refractivity contribution >= 4 is 23.0 Å². The first-order valence-electron chi connectivity index (χ1n) is 6.77. The van der Waals surface area contributed by atoms with Gasteiger partial charge in [0.15, 0.2) is 0 Å². The van der Waals surface area contributed by atoms with E-state index in [9.17, 15) is 0 Å². The predicted molar refractivity (Wildman–Crippen MR) is 88.1 cm³/mol. The maximum Gasteiger partial charge on any atom is 0.0991 e. The Labute approximate surface area is 130 Å². The van der Waals surface area contributed by atoms with Gasteiger partial charge in [0.05, 0.1) is 11.6 Å². The summed E-state index contributed by atoms with van der Waals surface area (Å²) in [5.74, 6) is 0. The average molecular weight is 300 g/mol. The molecule has 0 amide bonds. The molecule has 0 fully saturated rings. The van der Waals surface area contributed by atoms with Gasteiger partial charge in [-0.15, -0.1) is 0 Å². The molecule has 0 aliphatic heterocycles. The molecular weight excluding hydrogens is 282 g/mol. The minimum atomic E-state index is 0.215. The molecule has 108 valence electrons. The van der Waals surface area contributed by atoms with Crippen LogP contribution in [0.5, 0.6) is 0 Å². The molecule has 1 atom stereocenters. The number of nitrogens with zero attached hydrogens (tertiary/aromatic N) is 2. The highest BCUT2D eigenvalue weighted by Crippen LogP contribution is 2.30. The lowest BCUT2D eigenvalue weighted by atomic mass is 10.1. The zero-order valence-electron chi connectivity index (χ0n) is 12.4. The van der Waals surface area contributed by atoms with Crippen molar-refractivity contribution < 1.29 is 0 Å². The Morgan fingerprint density at radius 3 is 2.29 bits per heavy atom. The first-order chi connectivity index (χ1) is 10.1. The second kappa shape index (κ2) is 6.62. The highest BCUT2D eigenvalue weighted by Gasteiger charge is 2.11. The van der Waals surface area contributed by atoms with E-state index in [0.29, 0.717) is 5.56 Å². The summed E-state index contributed by atoms with van der Waals surface area (Å²) in [6.45, 7) is 2.07. The first kappa shape index (κ1) is 15.4. The molecular formula is C17H18ClN3. The van der Waals surface area contributed by atoms with Crippen LogP contribution in [-0.4, -0.2) is 14.1 Å². The molecule has 1 N–H and O–H groups in total. The number of benzene rings is 2. The van der Waals surface area contributed by atoms with Crippen molar-refractivity contribution in [1.82, 2.24) is 5.32 Å². The summed E-state index contributed by atoms with van der Waals surface area (Å²) in [5.41, 5.74) is 3.76. The Morgan fingerprint density at radius 2 is 1.76 bits per heavy atom. The maximum atomic E-state index is 8.84. The van der Waals surface area contributed by atoms with Crippen molar-refractivity contribution in [3.8, 4) is 6.07 Å². The van der Waals surface area contributed by atoms with Gasteiger partial charge < -0.3 is 10.2 Å². The molecule has 2 rings (SSSR count). The van der Waals surface area contributed by atoms with Gasteiger partial charge in [0, 0.05) is 29.5 Å². The molecule has 0 spiro atoms. The number of nitrogens with one attached hydrogen (secondary N) is 1. The lowest BCUT2D eigenvalue weighted by molar-refractivity contribution is 0.652. The molecule has 0 aliphatic rings. The summed E-state index contributed by atoms with van der Waals surface area (Å²) in [7, 11) is 3.89. The van der Waals surface area contributed by atoms with Gasteiger partial charge in [-0.05, 0) is 55.9 Å². The van der Waals surface area contributed by atoms with E-state index in [2.05, 4.69) is 18.3 Å². The van der Waals surface area contributed by atoms with E-state index < -0.39 is 0 Å². The predicted octanol–water partition coefficient (Wildman–Crippen LogP) is 4.26. The molecule has 0 radical (unpaired) electrons. The topological polar surface area (TPSA) is 39.1 Å². The summed E-state index contributed by atoms with van der Waals surface area (Å²) in [6, 6.07) is 15.9. The van der Waals surface area contributed by atoms with Gasteiger partial charge >= 0.3 is 0 Å². The number of rotatable bonds is 4. The lowest BCUT2D eigenvalue weighted by Crippen LogP contribution is -2.14. The highest BCUT2D eigenvalue weighted by molar-refractivity contribution is 6.31. The van der Waals surface area contributed by atoms with Crippen LogP contribution in [0.3, 0.4) is 0 Å². The van der Waals surface area contributed by atoms with Crippen molar-refractivity contribution in [3.05, 3.63) is 58.6 Å². The molecule has 1 unspecified atom stereocenters. The Bertz CT molecular complexity index is 659. The van der Waals surface area contributed by atoms with Crippen LogP contribution >= 0.6 is 11.6 Å². The molecule has 21 heavy (non-hydrogen) atoms. The van der Waals surface area contributed by atoms with Crippen molar-refractivity contribution in [2.24, 2.45) is 0 Å². The van der Waals surface area contributed by atoms with Crippen LogP contribution in [0.25, 0.3) is 0 Å². The molecule has 0 heterocycles. The third-order valence-electron chi connectivity index (χ3n) is 3.65. The molecule has 0 saturated carbocycles. The highest BCUT2D eigenvalue weighted by atomic mass is 35.5. The largest absolute Gasteiger partial charge is 0.345 e. The van der Waals surface area contributed by atoms with E-state index in [1.165, 1.54) is 0 Å². The Balaban J connectivity index is 2.29. The smallest absolute Gasteiger partial charge is 0.0991 e. The lowest BCUT2D eigenvalue weighted by Gasteiger charge is -2.21. The van der Waals surface area contributed by atoms with E-state index in [0.717, 1.165) is 22.0 Å². The third-order valence-corrected chi connectivity index (χ3v) is 3.98. The quantitative estimate of drug-likeness (QED) is 0.917. The van der Waals surface area contributed by atoms with Gasteiger partial charge in [-0.1, -0.05) is 17.7 Å². The summed E-state index contributed by atoms with van der Waals surface area (Å²) in [4.78, 5) is 2.04. The second-order valence-corrected chi connectivity index (χ2v) is 5.34. The number of nitriles is 1. The average Bonchev–Trinajstić information content (AvgIpc) is 2.53. The van der Waals surface area contributed by atoms with Crippen molar-refractivity contribution in [2.45, 2.75) is 13.0 Å². The molecule has 4 heteroatoms.